The van der Waals surface area contributed by atoms with Crippen LogP contribution in [0.5, 0.6) is 11.5 Å². The summed E-state index contributed by atoms with van der Waals surface area (Å²) in [6.45, 7) is 3.26. The molecular formula is C31H30F8N2O3. The third kappa shape index (κ3) is 7.92. The van der Waals surface area contributed by atoms with Crippen LogP contribution in [0.15, 0.2) is 66.7 Å². The van der Waals surface area contributed by atoms with Crippen molar-refractivity contribution in [2.45, 2.75) is 75.7 Å². The molecule has 2 N–H and O–H groups in total. The van der Waals surface area contributed by atoms with E-state index in [2.05, 4.69) is 15.4 Å². The zero-order chi connectivity index (χ0) is 32.3. The number of ether oxygens (including phenoxy) is 2. The predicted molar refractivity (Wildman–Crippen MR) is 145 cm³/mol. The molecule has 5 nitrogen and oxygen atoms in total. The first kappa shape index (κ1) is 32.9. The number of alkyl halides is 6. The van der Waals surface area contributed by atoms with Crippen molar-refractivity contribution in [3.05, 3.63) is 95.1 Å². The minimum atomic E-state index is -4.99. The van der Waals surface area contributed by atoms with Crippen molar-refractivity contribution in [2.24, 2.45) is 0 Å². The number of hydrogen-bond donors (Lipinski definition) is 2. The Morgan fingerprint density at radius 2 is 1.70 bits per heavy atom. The first-order valence-electron chi connectivity index (χ1n) is 13.7. The van der Waals surface area contributed by atoms with E-state index in [9.17, 15) is 35.5 Å². The molecule has 1 fully saturated rings. The molecule has 0 heterocycles. The van der Waals surface area contributed by atoms with E-state index in [-0.39, 0.29) is 29.7 Å². The number of rotatable bonds is 11. The van der Waals surface area contributed by atoms with Crippen LogP contribution in [0.25, 0.3) is 0 Å². The maximum Gasteiger partial charge on any atom is 0.461 e. The number of benzene rings is 3. The molecule has 0 radical (unpaired) electrons. The molecule has 44 heavy (non-hydrogen) atoms. The van der Waals surface area contributed by atoms with Gasteiger partial charge in [-0.05, 0) is 61.2 Å². The molecule has 0 spiro atoms. The van der Waals surface area contributed by atoms with E-state index in [0.29, 0.717) is 11.6 Å². The summed E-state index contributed by atoms with van der Waals surface area (Å²) in [5, 5.41) is 5.15. The minimum absolute atomic E-state index is 0.0320. The van der Waals surface area contributed by atoms with Gasteiger partial charge in [0.2, 0.25) is 5.92 Å². The molecule has 0 unspecified atom stereocenters. The maximum absolute atomic E-state index is 15.0. The fourth-order valence-corrected chi connectivity index (χ4v) is 5.13. The highest BCUT2D eigenvalue weighted by Gasteiger charge is 2.45. The zero-order valence-electron chi connectivity index (χ0n) is 23.7. The molecule has 3 aromatic rings. The SMILES string of the molecule is CC(C)Oc1cc([C@@](Cc2ccccc2)(NC(=O)N[C@H]2CCC(F)(F)C2)c2cc(F)cc(OC(F)(F)C(F)F)c2)ccc1F. The molecule has 1 aliphatic carbocycles. The van der Waals surface area contributed by atoms with Gasteiger partial charge in [-0.1, -0.05) is 36.4 Å². The van der Waals surface area contributed by atoms with Crippen molar-refractivity contribution in [2.75, 3.05) is 0 Å². The Morgan fingerprint density at radius 1 is 1.00 bits per heavy atom. The van der Waals surface area contributed by atoms with E-state index in [1.165, 1.54) is 12.1 Å². The molecule has 3 aromatic carbocycles. The monoisotopic (exact) mass is 630 g/mol. The smallest absolute Gasteiger partial charge is 0.461 e. The molecule has 0 aromatic heterocycles. The second-order valence-corrected chi connectivity index (χ2v) is 10.9. The Kier molecular flexibility index (Phi) is 9.65. The van der Waals surface area contributed by atoms with Crippen LogP contribution >= 0.6 is 0 Å². The van der Waals surface area contributed by atoms with Crippen LogP contribution in [0, 0.1) is 11.6 Å². The predicted octanol–water partition coefficient (Wildman–Crippen LogP) is 7.96. The van der Waals surface area contributed by atoms with Gasteiger partial charge in [0.15, 0.2) is 11.6 Å². The highest BCUT2D eigenvalue weighted by molar-refractivity contribution is 5.76. The second-order valence-electron chi connectivity index (χ2n) is 10.9. The van der Waals surface area contributed by atoms with Crippen LogP contribution in [-0.4, -0.2) is 36.6 Å². The average Bonchev–Trinajstić information content (AvgIpc) is 3.26. The molecule has 13 heteroatoms. The van der Waals surface area contributed by atoms with Gasteiger partial charge in [0, 0.05) is 31.4 Å². The van der Waals surface area contributed by atoms with Crippen LogP contribution in [0.4, 0.5) is 39.9 Å². The molecule has 0 saturated heterocycles. The lowest BCUT2D eigenvalue weighted by Gasteiger charge is -2.37. The number of halogens is 8. The summed E-state index contributed by atoms with van der Waals surface area (Å²) in [4.78, 5) is 13.5. The normalized spacial score (nSPS) is 17.8. The van der Waals surface area contributed by atoms with E-state index in [4.69, 9.17) is 4.74 Å². The lowest BCUT2D eigenvalue weighted by molar-refractivity contribution is -0.253. The van der Waals surface area contributed by atoms with Gasteiger partial charge in [0.25, 0.3) is 0 Å². The van der Waals surface area contributed by atoms with Crippen LogP contribution in [0.3, 0.4) is 0 Å². The van der Waals surface area contributed by atoms with Crippen molar-refractivity contribution < 1.29 is 49.4 Å². The molecule has 2 atom stereocenters. The lowest BCUT2D eigenvalue weighted by Crippen LogP contribution is -2.54. The summed E-state index contributed by atoms with van der Waals surface area (Å²) >= 11 is 0. The fraction of sp³-hybridized carbons (Fsp3) is 0.387. The van der Waals surface area contributed by atoms with Crippen molar-refractivity contribution >= 4 is 6.03 Å². The standard InChI is InChI=1S/C31H30F8N2O3/c1-18(2)43-26-14-20(8-9-25(26)33)30(16-19-6-4-3-5-7-19,41-28(42)40-23-10-11-29(36,37)17-23)21-12-22(32)15-24(13-21)44-31(38,39)27(34)35/h3-9,12-15,18,23,27H,10-11,16-17H2,1-2H3,(H2,40,41,42)/t23-,30+/m0/s1. The second kappa shape index (κ2) is 12.9. The Balaban J connectivity index is 1.91. The molecule has 0 bridgehead atoms. The molecule has 0 aliphatic heterocycles. The topological polar surface area (TPSA) is 59.6 Å². The lowest BCUT2D eigenvalue weighted by atomic mass is 9.77. The molecular weight excluding hydrogens is 600 g/mol. The first-order valence-corrected chi connectivity index (χ1v) is 13.7. The van der Waals surface area contributed by atoms with Crippen LogP contribution < -0.4 is 20.1 Å². The van der Waals surface area contributed by atoms with Gasteiger partial charge < -0.3 is 20.1 Å². The van der Waals surface area contributed by atoms with Gasteiger partial charge in [-0.25, -0.2) is 22.4 Å². The van der Waals surface area contributed by atoms with E-state index >= 15 is 4.39 Å². The van der Waals surface area contributed by atoms with Gasteiger partial charge in [0.05, 0.1) is 11.6 Å². The van der Waals surface area contributed by atoms with Crippen LogP contribution in [-0.2, 0) is 12.0 Å². The van der Waals surface area contributed by atoms with Crippen molar-refractivity contribution in [3.8, 4) is 11.5 Å². The highest BCUT2D eigenvalue weighted by Crippen LogP contribution is 2.40. The third-order valence-corrected chi connectivity index (χ3v) is 7.04. The number of urea groups is 1. The van der Waals surface area contributed by atoms with Gasteiger partial charge in [-0.3, -0.25) is 0 Å². The Bertz CT molecular complexity index is 1460. The third-order valence-electron chi connectivity index (χ3n) is 7.04. The minimum Gasteiger partial charge on any atom is -0.488 e. The Hall–Kier alpha value is -4.03. The quantitative estimate of drug-likeness (QED) is 0.212. The summed E-state index contributed by atoms with van der Waals surface area (Å²) in [7, 11) is 0. The largest absolute Gasteiger partial charge is 0.488 e. The van der Waals surface area contributed by atoms with Gasteiger partial charge >= 0.3 is 18.6 Å². The number of carbonyl (C=O) groups excluding carboxylic acids is 1. The molecule has 2 amide bonds. The molecule has 1 aliphatic rings. The fourth-order valence-electron chi connectivity index (χ4n) is 5.13. The van der Waals surface area contributed by atoms with E-state index < -0.39 is 72.4 Å². The van der Waals surface area contributed by atoms with Crippen LogP contribution in [0.2, 0.25) is 0 Å². The molecule has 1 saturated carbocycles. The highest BCUT2D eigenvalue weighted by atomic mass is 19.3. The maximum atomic E-state index is 15.0. The van der Waals surface area contributed by atoms with Crippen LogP contribution in [0.1, 0.15) is 49.8 Å². The average molecular weight is 631 g/mol. The number of amides is 2. The number of carbonyl (C=O) groups is 1. The van der Waals surface area contributed by atoms with Gasteiger partial charge in [-0.2, -0.15) is 17.6 Å². The van der Waals surface area contributed by atoms with Crippen molar-refractivity contribution in [3.63, 3.8) is 0 Å². The molecule has 4 rings (SSSR count). The van der Waals surface area contributed by atoms with Crippen molar-refractivity contribution in [1.29, 1.82) is 0 Å². The van der Waals surface area contributed by atoms with E-state index in [1.807, 2.05) is 0 Å². The van der Waals surface area contributed by atoms with E-state index in [0.717, 1.165) is 18.2 Å². The summed E-state index contributed by atoms with van der Waals surface area (Å²) in [6.07, 6.45) is -11.1. The summed E-state index contributed by atoms with van der Waals surface area (Å²) in [6, 6.07) is 12.0. The zero-order valence-corrected chi connectivity index (χ0v) is 23.7. The first-order chi connectivity index (χ1) is 20.6. The summed E-state index contributed by atoms with van der Waals surface area (Å²) in [5.41, 5.74) is -1.60. The number of hydrogen-bond acceptors (Lipinski definition) is 3. The Labute approximate surface area is 248 Å². The molecule has 238 valence electrons. The van der Waals surface area contributed by atoms with Gasteiger partial charge in [0.1, 0.15) is 11.6 Å². The van der Waals surface area contributed by atoms with E-state index in [1.54, 1.807) is 44.2 Å². The summed E-state index contributed by atoms with van der Waals surface area (Å²) < 4.78 is 121. The van der Waals surface area contributed by atoms with Crippen molar-refractivity contribution in [1.82, 2.24) is 10.6 Å². The number of nitrogens with one attached hydrogen (secondary N) is 2. The van der Waals surface area contributed by atoms with Gasteiger partial charge in [-0.15, -0.1) is 0 Å². The Morgan fingerprint density at radius 3 is 2.32 bits per heavy atom. The summed E-state index contributed by atoms with van der Waals surface area (Å²) in [5.74, 6) is -6.21.